The number of nitrogens with zero attached hydrogens (tertiary/aromatic N) is 2. The van der Waals surface area contributed by atoms with Gasteiger partial charge in [0.25, 0.3) is 5.69 Å². The molecule has 0 saturated carbocycles. The van der Waals surface area contributed by atoms with Gasteiger partial charge in [-0.25, -0.2) is 0 Å². The Bertz CT molecular complexity index is 977. The number of amides is 1. The maximum atomic E-state index is 12.9. The quantitative estimate of drug-likeness (QED) is 0.369. The number of piperidine rings is 1. The lowest BCUT2D eigenvalue weighted by molar-refractivity contribution is -0.384. The fraction of sp³-hybridized carbons (Fsp3) is 0.440. The van der Waals surface area contributed by atoms with E-state index in [0.29, 0.717) is 24.7 Å². The van der Waals surface area contributed by atoms with Crippen LogP contribution in [-0.4, -0.2) is 41.1 Å². The van der Waals surface area contributed by atoms with E-state index >= 15 is 0 Å². The number of Topliss-reactive ketones (excluding diaryl/α,β-unsaturated/α-hetero) is 1. The number of nitrogens with one attached hydrogen (secondary N) is 1. The maximum Gasteiger partial charge on any atom is 0.271 e. The van der Waals surface area contributed by atoms with E-state index in [1.54, 1.807) is 13.0 Å². The van der Waals surface area contributed by atoms with Gasteiger partial charge < -0.3 is 5.32 Å². The van der Waals surface area contributed by atoms with E-state index in [2.05, 4.69) is 19.2 Å². The van der Waals surface area contributed by atoms with Gasteiger partial charge in [-0.1, -0.05) is 44.2 Å². The number of nitro benzene ring substituents is 1. The number of carbonyl (C=O) groups excluding carboxylic acids is 2. The minimum absolute atomic E-state index is 0.0238. The monoisotopic (exact) mass is 437 g/mol. The lowest BCUT2D eigenvalue weighted by Crippen LogP contribution is -2.40. The zero-order valence-corrected chi connectivity index (χ0v) is 19.0. The topological polar surface area (TPSA) is 92.6 Å². The normalized spacial score (nSPS) is 15.0. The summed E-state index contributed by atoms with van der Waals surface area (Å²) in [7, 11) is 0. The highest BCUT2D eigenvalue weighted by Gasteiger charge is 2.27. The molecule has 170 valence electrons. The Morgan fingerprint density at radius 1 is 1.12 bits per heavy atom. The van der Waals surface area contributed by atoms with E-state index < -0.39 is 4.92 Å². The summed E-state index contributed by atoms with van der Waals surface area (Å²) in [5.74, 6) is 0.528. The SMILES string of the molecule is Cc1ccc([N+](=O)[O-])cc1NC(=O)CN1CCC(C(=O)c2ccc(CC(C)C)cc2)CC1. The number of nitro groups is 1. The van der Waals surface area contributed by atoms with Crippen molar-refractivity contribution in [2.45, 2.75) is 40.0 Å². The van der Waals surface area contributed by atoms with Gasteiger partial charge in [-0.3, -0.25) is 24.6 Å². The average molecular weight is 438 g/mol. The van der Waals surface area contributed by atoms with Gasteiger partial charge in [-0.05, 0) is 56.3 Å². The van der Waals surface area contributed by atoms with Crippen LogP contribution in [-0.2, 0) is 11.2 Å². The molecule has 1 aliphatic heterocycles. The summed E-state index contributed by atoms with van der Waals surface area (Å²) in [6.45, 7) is 7.70. The highest BCUT2D eigenvalue weighted by atomic mass is 16.6. The molecule has 0 aromatic heterocycles. The molecule has 32 heavy (non-hydrogen) atoms. The van der Waals surface area contributed by atoms with Gasteiger partial charge in [-0.2, -0.15) is 0 Å². The van der Waals surface area contributed by atoms with Crippen molar-refractivity contribution in [1.29, 1.82) is 0 Å². The second-order valence-electron chi connectivity index (χ2n) is 9.01. The van der Waals surface area contributed by atoms with Crippen molar-refractivity contribution in [3.05, 3.63) is 69.3 Å². The van der Waals surface area contributed by atoms with Gasteiger partial charge >= 0.3 is 0 Å². The van der Waals surface area contributed by atoms with Crippen LogP contribution in [0.2, 0.25) is 0 Å². The van der Waals surface area contributed by atoms with E-state index in [0.717, 1.165) is 30.4 Å². The Balaban J connectivity index is 1.50. The number of non-ortho nitro benzene ring substituents is 1. The third-order valence-electron chi connectivity index (χ3n) is 5.91. The molecule has 0 atom stereocenters. The Kier molecular flexibility index (Phi) is 7.75. The van der Waals surface area contributed by atoms with Gasteiger partial charge in [-0.15, -0.1) is 0 Å². The van der Waals surface area contributed by atoms with Crippen LogP contribution in [0.1, 0.15) is 48.2 Å². The van der Waals surface area contributed by atoms with Gasteiger partial charge in [0.15, 0.2) is 5.78 Å². The van der Waals surface area contributed by atoms with Crippen LogP contribution in [0.3, 0.4) is 0 Å². The number of ketones is 1. The number of carbonyl (C=O) groups is 2. The number of likely N-dealkylation sites (tertiary alicyclic amines) is 1. The van der Waals surface area contributed by atoms with Gasteiger partial charge in [0, 0.05) is 23.6 Å². The molecule has 0 bridgehead atoms. The molecular weight excluding hydrogens is 406 g/mol. The van der Waals surface area contributed by atoms with Crippen molar-refractivity contribution in [3.63, 3.8) is 0 Å². The van der Waals surface area contributed by atoms with Crippen LogP contribution in [0.25, 0.3) is 0 Å². The molecule has 2 aromatic rings. The molecule has 1 N–H and O–H groups in total. The molecule has 0 spiro atoms. The molecule has 0 radical (unpaired) electrons. The summed E-state index contributed by atoms with van der Waals surface area (Å²) < 4.78 is 0. The predicted octanol–water partition coefficient (Wildman–Crippen LogP) is 4.64. The first-order valence-corrected chi connectivity index (χ1v) is 11.1. The molecule has 0 unspecified atom stereocenters. The summed E-state index contributed by atoms with van der Waals surface area (Å²) in [6, 6.07) is 12.4. The summed E-state index contributed by atoms with van der Waals surface area (Å²) in [5, 5.41) is 13.8. The zero-order valence-electron chi connectivity index (χ0n) is 19.0. The minimum atomic E-state index is -0.477. The molecule has 0 aliphatic carbocycles. The predicted molar refractivity (Wildman–Crippen MR) is 125 cm³/mol. The molecule has 1 fully saturated rings. The molecular formula is C25H31N3O4. The third-order valence-corrected chi connectivity index (χ3v) is 5.91. The summed E-state index contributed by atoms with van der Waals surface area (Å²) in [6.07, 6.45) is 2.44. The first-order valence-electron chi connectivity index (χ1n) is 11.1. The zero-order chi connectivity index (χ0) is 23.3. The highest BCUT2D eigenvalue weighted by Crippen LogP contribution is 2.24. The Hall–Kier alpha value is -3.06. The molecule has 2 aromatic carbocycles. The van der Waals surface area contributed by atoms with E-state index in [1.165, 1.54) is 17.7 Å². The van der Waals surface area contributed by atoms with E-state index in [4.69, 9.17) is 0 Å². The molecule has 7 nitrogen and oxygen atoms in total. The van der Waals surface area contributed by atoms with Crippen LogP contribution < -0.4 is 5.32 Å². The Morgan fingerprint density at radius 3 is 2.38 bits per heavy atom. The summed E-state index contributed by atoms with van der Waals surface area (Å²) >= 11 is 0. The molecule has 7 heteroatoms. The van der Waals surface area contributed by atoms with Crippen LogP contribution in [0.4, 0.5) is 11.4 Å². The van der Waals surface area contributed by atoms with Crippen molar-refractivity contribution < 1.29 is 14.5 Å². The number of hydrogen-bond donors (Lipinski definition) is 1. The van der Waals surface area contributed by atoms with Gasteiger partial charge in [0.05, 0.1) is 17.2 Å². The Morgan fingerprint density at radius 2 is 1.78 bits per heavy atom. The number of benzene rings is 2. The summed E-state index contributed by atoms with van der Waals surface area (Å²) in [5.41, 5.74) is 3.18. The van der Waals surface area contributed by atoms with Gasteiger partial charge in [0.1, 0.15) is 0 Å². The molecule has 3 rings (SSSR count). The van der Waals surface area contributed by atoms with Crippen molar-refractivity contribution in [2.24, 2.45) is 11.8 Å². The van der Waals surface area contributed by atoms with E-state index in [1.807, 2.05) is 29.2 Å². The largest absolute Gasteiger partial charge is 0.324 e. The fourth-order valence-corrected chi connectivity index (χ4v) is 4.12. The number of hydrogen-bond acceptors (Lipinski definition) is 5. The standard InChI is InChI=1S/C25H31N3O4/c1-17(2)14-19-5-7-20(8-6-19)25(30)21-10-12-27(13-11-21)16-24(29)26-23-15-22(28(31)32)9-4-18(23)3/h4-9,15,17,21H,10-14,16H2,1-3H3,(H,26,29). The van der Waals surface area contributed by atoms with E-state index in [9.17, 15) is 19.7 Å². The van der Waals surface area contributed by atoms with Crippen LogP contribution in [0.5, 0.6) is 0 Å². The lowest BCUT2D eigenvalue weighted by atomic mass is 9.88. The second-order valence-corrected chi connectivity index (χ2v) is 9.01. The highest BCUT2D eigenvalue weighted by molar-refractivity contribution is 5.98. The van der Waals surface area contributed by atoms with Crippen molar-refractivity contribution in [3.8, 4) is 0 Å². The number of rotatable bonds is 8. The smallest absolute Gasteiger partial charge is 0.271 e. The fourth-order valence-electron chi connectivity index (χ4n) is 4.12. The maximum absolute atomic E-state index is 12.9. The molecule has 1 aliphatic rings. The van der Waals surface area contributed by atoms with E-state index in [-0.39, 0.29) is 29.8 Å². The molecule has 1 heterocycles. The first kappa shape index (κ1) is 23.6. The second kappa shape index (κ2) is 10.5. The first-order chi connectivity index (χ1) is 15.2. The molecule has 1 amide bonds. The van der Waals surface area contributed by atoms with Crippen LogP contribution in [0.15, 0.2) is 42.5 Å². The average Bonchev–Trinajstić information content (AvgIpc) is 2.75. The Labute approximate surface area is 189 Å². The van der Waals surface area contributed by atoms with Crippen LogP contribution >= 0.6 is 0 Å². The van der Waals surface area contributed by atoms with Crippen LogP contribution in [0, 0.1) is 28.9 Å². The molecule has 1 saturated heterocycles. The lowest BCUT2D eigenvalue weighted by Gasteiger charge is -2.30. The third kappa shape index (κ3) is 6.23. The van der Waals surface area contributed by atoms with Crippen molar-refractivity contribution in [2.75, 3.05) is 25.0 Å². The number of anilines is 1. The minimum Gasteiger partial charge on any atom is -0.324 e. The number of aryl methyl sites for hydroxylation is 1. The van der Waals surface area contributed by atoms with Gasteiger partial charge in [0.2, 0.25) is 5.91 Å². The summed E-state index contributed by atoms with van der Waals surface area (Å²) in [4.78, 5) is 37.9. The van der Waals surface area contributed by atoms with Crippen molar-refractivity contribution in [1.82, 2.24) is 4.90 Å². The van der Waals surface area contributed by atoms with Crippen molar-refractivity contribution >= 4 is 23.1 Å².